The average Bonchev–Trinajstić information content (AvgIpc) is 1.94. The lowest BCUT2D eigenvalue weighted by atomic mass is 10.4. The maximum absolute atomic E-state index is 10.6. The molecule has 0 spiro atoms. The van der Waals surface area contributed by atoms with Gasteiger partial charge in [-0.25, -0.2) is 9.78 Å². The van der Waals surface area contributed by atoms with Gasteiger partial charge in [0.1, 0.15) is 0 Å². The molecule has 0 radical (unpaired) electrons. The molecule has 6 heteroatoms. The van der Waals surface area contributed by atoms with E-state index >= 15 is 0 Å². The van der Waals surface area contributed by atoms with Gasteiger partial charge in [0.2, 0.25) is 0 Å². The van der Waals surface area contributed by atoms with E-state index in [2.05, 4.69) is 9.97 Å². The Morgan fingerprint density at radius 3 is 2.82 bits per heavy atom. The maximum atomic E-state index is 10.6. The SMILES string of the molecule is Nc1nc(C(=O)O)c[nH]c1=O. The number of aromatic amines is 1. The highest BCUT2D eigenvalue weighted by Gasteiger charge is 2.05. The van der Waals surface area contributed by atoms with Gasteiger partial charge in [0.15, 0.2) is 11.5 Å². The van der Waals surface area contributed by atoms with Gasteiger partial charge in [-0.1, -0.05) is 0 Å². The minimum Gasteiger partial charge on any atom is -0.476 e. The summed E-state index contributed by atoms with van der Waals surface area (Å²) in [5.41, 5.74) is 4.18. The van der Waals surface area contributed by atoms with Crippen molar-refractivity contribution >= 4 is 11.8 Å². The summed E-state index contributed by atoms with van der Waals surface area (Å²) in [6.07, 6.45) is 0.987. The van der Waals surface area contributed by atoms with Crippen LogP contribution in [0.3, 0.4) is 0 Å². The minimum absolute atomic E-state index is 0.276. The van der Waals surface area contributed by atoms with Crippen LogP contribution in [-0.2, 0) is 0 Å². The molecular formula is C5H5N3O3. The topological polar surface area (TPSA) is 109 Å². The van der Waals surface area contributed by atoms with Gasteiger partial charge in [0.25, 0.3) is 5.56 Å². The lowest BCUT2D eigenvalue weighted by Gasteiger charge is -1.92. The summed E-state index contributed by atoms with van der Waals surface area (Å²) < 4.78 is 0. The summed E-state index contributed by atoms with van der Waals surface area (Å²) in [6, 6.07) is 0. The predicted molar refractivity (Wildman–Crippen MR) is 36.2 cm³/mol. The number of nitrogens with zero attached hydrogens (tertiary/aromatic N) is 1. The van der Waals surface area contributed by atoms with E-state index in [-0.39, 0.29) is 11.5 Å². The number of hydrogen-bond acceptors (Lipinski definition) is 4. The van der Waals surface area contributed by atoms with Gasteiger partial charge in [-0.05, 0) is 0 Å². The molecule has 1 aromatic heterocycles. The number of nitrogens with two attached hydrogens (primary N) is 1. The molecule has 1 aromatic rings. The van der Waals surface area contributed by atoms with Crippen LogP contribution in [0.4, 0.5) is 5.82 Å². The number of aromatic nitrogens is 2. The van der Waals surface area contributed by atoms with E-state index in [9.17, 15) is 9.59 Å². The van der Waals surface area contributed by atoms with E-state index in [4.69, 9.17) is 10.8 Å². The Bertz CT molecular complexity index is 343. The first-order chi connectivity index (χ1) is 5.11. The third-order valence-corrected chi connectivity index (χ3v) is 1.03. The van der Waals surface area contributed by atoms with Crippen molar-refractivity contribution in [1.82, 2.24) is 9.97 Å². The van der Waals surface area contributed by atoms with Gasteiger partial charge in [-0.2, -0.15) is 0 Å². The van der Waals surface area contributed by atoms with E-state index in [1.807, 2.05) is 0 Å². The quantitative estimate of drug-likeness (QED) is 0.484. The number of nitrogens with one attached hydrogen (secondary N) is 1. The zero-order chi connectivity index (χ0) is 8.43. The molecule has 0 atom stereocenters. The van der Waals surface area contributed by atoms with Crippen LogP contribution in [0.5, 0.6) is 0 Å². The van der Waals surface area contributed by atoms with Crippen LogP contribution >= 0.6 is 0 Å². The molecule has 6 nitrogen and oxygen atoms in total. The summed E-state index contributed by atoms with van der Waals surface area (Å²) in [4.78, 5) is 26.2. The van der Waals surface area contributed by atoms with E-state index in [0.29, 0.717) is 0 Å². The first-order valence-electron chi connectivity index (χ1n) is 2.70. The van der Waals surface area contributed by atoms with E-state index in [0.717, 1.165) is 6.20 Å². The molecule has 0 saturated heterocycles. The molecule has 0 saturated carbocycles. The van der Waals surface area contributed by atoms with Crippen molar-refractivity contribution in [2.45, 2.75) is 0 Å². The molecule has 0 fully saturated rings. The number of carboxylic acid groups (broad SMARTS) is 1. The molecule has 0 aliphatic heterocycles. The van der Waals surface area contributed by atoms with Crippen molar-refractivity contribution < 1.29 is 9.90 Å². The zero-order valence-corrected chi connectivity index (χ0v) is 5.37. The number of nitrogen functional groups attached to an aromatic ring is 1. The van der Waals surface area contributed by atoms with E-state index in [1.165, 1.54) is 0 Å². The third-order valence-electron chi connectivity index (χ3n) is 1.03. The Hall–Kier alpha value is -1.85. The molecule has 11 heavy (non-hydrogen) atoms. The number of anilines is 1. The molecular weight excluding hydrogens is 150 g/mol. The monoisotopic (exact) mass is 155 g/mol. The summed E-state index contributed by atoms with van der Waals surface area (Å²) in [7, 11) is 0. The van der Waals surface area contributed by atoms with Crippen LogP contribution in [0.1, 0.15) is 10.5 Å². The normalized spacial score (nSPS) is 9.45. The van der Waals surface area contributed by atoms with Gasteiger partial charge in [-0.3, -0.25) is 4.79 Å². The highest BCUT2D eigenvalue weighted by Crippen LogP contribution is 1.90. The predicted octanol–water partition coefficient (Wildman–Crippen LogP) is -0.950. The first-order valence-corrected chi connectivity index (χ1v) is 2.70. The lowest BCUT2D eigenvalue weighted by Crippen LogP contribution is -2.16. The molecule has 0 bridgehead atoms. The minimum atomic E-state index is -1.23. The maximum Gasteiger partial charge on any atom is 0.356 e. The molecule has 0 amide bonds. The summed E-state index contributed by atoms with van der Waals surface area (Å²) in [5, 5.41) is 8.36. The molecule has 4 N–H and O–H groups in total. The smallest absolute Gasteiger partial charge is 0.356 e. The molecule has 1 rings (SSSR count). The van der Waals surface area contributed by atoms with Gasteiger partial charge in [0, 0.05) is 6.20 Å². The van der Waals surface area contributed by atoms with Crippen molar-refractivity contribution in [1.29, 1.82) is 0 Å². The highest BCUT2D eigenvalue weighted by molar-refractivity contribution is 5.85. The van der Waals surface area contributed by atoms with Crippen molar-refractivity contribution in [2.75, 3.05) is 5.73 Å². The molecule has 58 valence electrons. The van der Waals surface area contributed by atoms with Crippen LogP contribution in [0.2, 0.25) is 0 Å². The van der Waals surface area contributed by atoms with Crippen LogP contribution in [0.15, 0.2) is 11.0 Å². The lowest BCUT2D eigenvalue weighted by molar-refractivity contribution is 0.0690. The van der Waals surface area contributed by atoms with Crippen LogP contribution < -0.4 is 11.3 Å². The Balaban J connectivity index is 3.26. The van der Waals surface area contributed by atoms with Gasteiger partial charge >= 0.3 is 5.97 Å². The standard InChI is InChI=1S/C5H5N3O3/c6-3-4(9)7-1-2(8-3)5(10)11/h1H,(H2,6,8)(H,7,9)(H,10,11). The number of rotatable bonds is 1. The van der Waals surface area contributed by atoms with E-state index < -0.39 is 11.5 Å². The van der Waals surface area contributed by atoms with E-state index in [1.54, 1.807) is 0 Å². The zero-order valence-electron chi connectivity index (χ0n) is 5.37. The Morgan fingerprint density at radius 1 is 1.73 bits per heavy atom. The van der Waals surface area contributed by atoms with Gasteiger partial charge < -0.3 is 15.8 Å². The largest absolute Gasteiger partial charge is 0.476 e. The van der Waals surface area contributed by atoms with Crippen LogP contribution in [0, 0.1) is 0 Å². The average molecular weight is 155 g/mol. The fraction of sp³-hybridized carbons (Fsp3) is 0. The summed E-state index contributed by atoms with van der Waals surface area (Å²) in [6.45, 7) is 0. The molecule has 0 unspecified atom stereocenters. The Labute approximate surface area is 60.7 Å². The number of hydrogen-bond donors (Lipinski definition) is 3. The van der Waals surface area contributed by atoms with Crippen molar-refractivity contribution in [3.63, 3.8) is 0 Å². The molecule has 1 heterocycles. The highest BCUT2D eigenvalue weighted by atomic mass is 16.4. The van der Waals surface area contributed by atoms with Crippen molar-refractivity contribution in [3.8, 4) is 0 Å². The fourth-order valence-electron chi connectivity index (χ4n) is 0.530. The van der Waals surface area contributed by atoms with Gasteiger partial charge in [0.05, 0.1) is 0 Å². The Morgan fingerprint density at radius 2 is 2.36 bits per heavy atom. The molecule has 0 aliphatic carbocycles. The summed E-state index contributed by atoms with van der Waals surface area (Å²) >= 11 is 0. The third kappa shape index (κ3) is 1.34. The number of carboxylic acids is 1. The second-order valence-electron chi connectivity index (χ2n) is 1.81. The molecule has 0 aliphatic rings. The first kappa shape index (κ1) is 7.26. The number of carbonyl (C=O) groups is 1. The Kier molecular flexibility index (Phi) is 1.59. The number of H-pyrrole nitrogens is 1. The fourth-order valence-corrected chi connectivity index (χ4v) is 0.530. The van der Waals surface area contributed by atoms with Crippen molar-refractivity contribution in [2.24, 2.45) is 0 Å². The number of aromatic carboxylic acids is 1. The van der Waals surface area contributed by atoms with Crippen molar-refractivity contribution in [3.05, 3.63) is 22.2 Å². The van der Waals surface area contributed by atoms with Crippen LogP contribution in [0.25, 0.3) is 0 Å². The summed E-state index contributed by atoms with van der Waals surface area (Å²) in [5.74, 6) is -1.57. The van der Waals surface area contributed by atoms with Crippen LogP contribution in [-0.4, -0.2) is 21.0 Å². The molecule has 0 aromatic carbocycles. The van der Waals surface area contributed by atoms with Gasteiger partial charge in [-0.15, -0.1) is 0 Å². The second-order valence-corrected chi connectivity index (χ2v) is 1.81. The second kappa shape index (κ2) is 2.41.